The van der Waals surface area contributed by atoms with Gasteiger partial charge in [0.25, 0.3) is 5.69 Å². The third-order valence-electron chi connectivity index (χ3n) is 3.75. The van der Waals surface area contributed by atoms with E-state index < -0.39 is 4.92 Å². The first-order valence-corrected chi connectivity index (χ1v) is 6.34. The molecule has 2 heterocycles. The van der Waals surface area contributed by atoms with E-state index in [2.05, 4.69) is 10.7 Å². The fourth-order valence-corrected chi connectivity index (χ4v) is 2.89. The van der Waals surface area contributed by atoms with Crippen LogP contribution < -0.4 is 16.6 Å². The van der Waals surface area contributed by atoms with Crippen molar-refractivity contribution in [3.63, 3.8) is 0 Å². The molecule has 3 atom stereocenters. The number of rotatable bonds is 4. The van der Waals surface area contributed by atoms with Crippen LogP contribution in [0.25, 0.3) is 0 Å². The highest BCUT2D eigenvalue weighted by atomic mass is 16.6. The van der Waals surface area contributed by atoms with Gasteiger partial charge in [0.1, 0.15) is 0 Å². The molecular weight excluding hydrogens is 248 g/mol. The minimum absolute atomic E-state index is 0.0158. The Morgan fingerprint density at radius 2 is 2.11 bits per heavy atom. The molecule has 1 aromatic rings. The fourth-order valence-electron chi connectivity index (χ4n) is 2.89. The van der Waals surface area contributed by atoms with E-state index in [1.54, 1.807) is 6.07 Å². The monoisotopic (exact) mass is 264 g/mol. The second-order valence-electron chi connectivity index (χ2n) is 5.03. The lowest BCUT2D eigenvalue weighted by Gasteiger charge is -2.21. The normalized spacial score (nSPS) is 28.4. The summed E-state index contributed by atoms with van der Waals surface area (Å²) in [6.07, 6.45) is 3.69. The maximum Gasteiger partial charge on any atom is 0.273 e. The second-order valence-corrected chi connectivity index (χ2v) is 5.03. The van der Waals surface area contributed by atoms with E-state index in [9.17, 15) is 10.1 Å². The van der Waals surface area contributed by atoms with Crippen LogP contribution in [-0.4, -0.2) is 23.2 Å². The lowest BCUT2D eigenvalue weighted by molar-refractivity contribution is -0.384. The standard InChI is InChI=1S/C12H16N4O3/c13-15-8-3-7(4-9(5-8)16(17)18)14-11-6-10-1-2-12(11)19-10/h3-5,10-12,14-15H,1-2,6,13H2. The molecule has 4 N–H and O–H groups in total. The number of nitro groups is 1. The number of non-ortho nitro benzene ring substituents is 1. The second kappa shape index (κ2) is 4.67. The SMILES string of the molecule is NNc1cc(NC2CC3CCC2O3)cc([N+](=O)[O-])c1. The Balaban J connectivity index is 1.80. The molecule has 0 saturated carbocycles. The van der Waals surface area contributed by atoms with E-state index >= 15 is 0 Å². The Labute approximate surface area is 110 Å². The number of nitrogens with two attached hydrogens (primary N) is 1. The molecule has 7 heteroatoms. The van der Waals surface area contributed by atoms with Gasteiger partial charge in [-0.3, -0.25) is 16.0 Å². The molecule has 0 radical (unpaired) electrons. The smallest absolute Gasteiger partial charge is 0.273 e. The van der Waals surface area contributed by atoms with Gasteiger partial charge in [0.2, 0.25) is 0 Å². The lowest BCUT2D eigenvalue weighted by atomic mass is 9.95. The van der Waals surface area contributed by atoms with Crippen LogP contribution in [0.2, 0.25) is 0 Å². The number of nitro benzene ring substituents is 1. The first-order chi connectivity index (χ1) is 9.15. The van der Waals surface area contributed by atoms with Gasteiger partial charge in [-0.25, -0.2) is 0 Å². The van der Waals surface area contributed by atoms with E-state index in [-0.39, 0.29) is 17.8 Å². The molecule has 2 bridgehead atoms. The number of nitrogens with one attached hydrogen (secondary N) is 2. The molecular formula is C12H16N4O3. The zero-order chi connectivity index (χ0) is 13.4. The third kappa shape index (κ3) is 2.34. The number of hydrazine groups is 1. The summed E-state index contributed by atoms with van der Waals surface area (Å²) < 4.78 is 5.75. The van der Waals surface area contributed by atoms with Crippen molar-refractivity contribution in [2.45, 2.75) is 37.5 Å². The third-order valence-corrected chi connectivity index (χ3v) is 3.75. The van der Waals surface area contributed by atoms with Crippen molar-refractivity contribution in [1.29, 1.82) is 0 Å². The topological polar surface area (TPSA) is 102 Å². The summed E-state index contributed by atoms with van der Waals surface area (Å²) >= 11 is 0. The van der Waals surface area contributed by atoms with Gasteiger partial charge in [0.15, 0.2) is 0 Å². The first-order valence-electron chi connectivity index (χ1n) is 6.34. The molecule has 3 unspecified atom stereocenters. The van der Waals surface area contributed by atoms with E-state index in [1.807, 2.05) is 0 Å². The first kappa shape index (κ1) is 12.2. The molecule has 102 valence electrons. The highest BCUT2D eigenvalue weighted by Gasteiger charge is 2.40. The van der Waals surface area contributed by atoms with Crippen LogP contribution in [0, 0.1) is 10.1 Å². The number of ether oxygens (including phenoxy) is 1. The number of anilines is 2. The van der Waals surface area contributed by atoms with E-state index in [0.717, 1.165) is 19.3 Å². The molecule has 1 aromatic carbocycles. The molecule has 0 amide bonds. The van der Waals surface area contributed by atoms with E-state index in [1.165, 1.54) is 12.1 Å². The van der Waals surface area contributed by atoms with Gasteiger partial charge in [-0.15, -0.1) is 0 Å². The maximum absolute atomic E-state index is 10.9. The molecule has 0 aromatic heterocycles. The summed E-state index contributed by atoms with van der Waals surface area (Å²) in [5.41, 5.74) is 3.67. The molecule has 7 nitrogen and oxygen atoms in total. The minimum atomic E-state index is -0.427. The molecule has 0 spiro atoms. The average Bonchev–Trinajstić information content (AvgIpc) is 3.00. The van der Waals surface area contributed by atoms with Crippen LogP contribution in [0.15, 0.2) is 18.2 Å². The predicted octanol–water partition coefficient (Wildman–Crippen LogP) is 1.61. The number of hydrogen-bond acceptors (Lipinski definition) is 6. The van der Waals surface area contributed by atoms with Crippen LogP contribution in [0.4, 0.5) is 17.1 Å². The summed E-state index contributed by atoms with van der Waals surface area (Å²) in [7, 11) is 0. The Morgan fingerprint density at radius 1 is 1.32 bits per heavy atom. The Bertz CT molecular complexity index is 508. The van der Waals surface area contributed by atoms with Crippen molar-refractivity contribution in [2.24, 2.45) is 5.84 Å². The van der Waals surface area contributed by atoms with Gasteiger partial charge in [0, 0.05) is 17.8 Å². The molecule has 19 heavy (non-hydrogen) atoms. The number of fused-ring (bicyclic) bond motifs is 2. The predicted molar refractivity (Wildman–Crippen MR) is 70.8 cm³/mol. The summed E-state index contributed by atoms with van der Waals surface area (Å²) in [5, 5.41) is 14.2. The Hall–Kier alpha value is -1.86. The largest absolute Gasteiger partial charge is 0.379 e. The highest BCUT2D eigenvalue weighted by molar-refractivity contribution is 5.63. The van der Waals surface area contributed by atoms with Crippen molar-refractivity contribution in [3.05, 3.63) is 28.3 Å². The minimum Gasteiger partial charge on any atom is -0.379 e. The molecule has 0 aliphatic carbocycles. The van der Waals surface area contributed by atoms with Crippen molar-refractivity contribution in [3.8, 4) is 0 Å². The Kier molecular flexibility index (Phi) is 3.00. The van der Waals surface area contributed by atoms with Crippen LogP contribution in [0.1, 0.15) is 19.3 Å². The molecule has 2 fully saturated rings. The molecule has 3 rings (SSSR count). The number of nitrogens with zero attached hydrogens (tertiary/aromatic N) is 1. The zero-order valence-electron chi connectivity index (χ0n) is 10.3. The van der Waals surface area contributed by atoms with E-state index in [0.29, 0.717) is 17.5 Å². The van der Waals surface area contributed by atoms with Crippen molar-refractivity contribution in [1.82, 2.24) is 0 Å². The van der Waals surface area contributed by atoms with Crippen LogP contribution in [-0.2, 0) is 4.74 Å². The lowest BCUT2D eigenvalue weighted by Crippen LogP contribution is -2.30. The van der Waals surface area contributed by atoms with Gasteiger partial charge in [-0.1, -0.05) is 0 Å². The number of benzene rings is 1. The van der Waals surface area contributed by atoms with Gasteiger partial charge >= 0.3 is 0 Å². The summed E-state index contributed by atoms with van der Waals surface area (Å²) in [5.74, 6) is 5.33. The zero-order valence-corrected chi connectivity index (χ0v) is 10.3. The maximum atomic E-state index is 10.9. The van der Waals surface area contributed by atoms with Gasteiger partial charge in [-0.2, -0.15) is 0 Å². The number of nitrogen functional groups attached to an aromatic ring is 1. The van der Waals surface area contributed by atoms with Gasteiger partial charge in [-0.05, 0) is 25.3 Å². The van der Waals surface area contributed by atoms with Crippen molar-refractivity contribution >= 4 is 17.1 Å². The van der Waals surface area contributed by atoms with E-state index in [4.69, 9.17) is 10.6 Å². The fraction of sp³-hybridized carbons (Fsp3) is 0.500. The van der Waals surface area contributed by atoms with Crippen LogP contribution in [0.3, 0.4) is 0 Å². The molecule has 2 saturated heterocycles. The van der Waals surface area contributed by atoms with Crippen LogP contribution in [0.5, 0.6) is 0 Å². The summed E-state index contributed by atoms with van der Waals surface area (Å²) in [6.45, 7) is 0. The molecule has 2 aliphatic heterocycles. The summed E-state index contributed by atoms with van der Waals surface area (Å²) in [6, 6.07) is 4.92. The summed E-state index contributed by atoms with van der Waals surface area (Å²) in [4.78, 5) is 10.4. The van der Waals surface area contributed by atoms with Crippen LogP contribution >= 0.6 is 0 Å². The molecule has 2 aliphatic rings. The average molecular weight is 264 g/mol. The quantitative estimate of drug-likeness (QED) is 0.434. The van der Waals surface area contributed by atoms with Crippen molar-refractivity contribution < 1.29 is 9.66 Å². The Morgan fingerprint density at radius 3 is 2.68 bits per heavy atom. The highest BCUT2D eigenvalue weighted by Crippen LogP contribution is 2.36. The van der Waals surface area contributed by atoms with Gasteiger partial charge < -0.3 is 15.5 Å². The van der Waals surface area contributed by atoms with Gasteiger partial charge in [0.05, 0.1) is 28.9 Å². The van der Waals surface area contributed by atoms with Crippen molar-refractivity contribution in [2.75, 3.05) is 10.7 Å². The number of hydrogen-bond donors (Lipinski definition) is 3.